The molecule has 5 nitrogen and oxygen atoms in total. The highest BCUT2D eigenvalue weighted by molar-refractivity contribution is 5.86. The molecule has 0 spiro atoms. The maximum Gasteiger partial charge on any atom is 0.314 e. The minimum Gasteiger partial charge on any atom is -0.493 e. The van der Waals surface area contributed by atoms with Gasteiger partial charge in [0.2, 0.25) is 0 Å². The van der Waals surface area contributed by atoms with Crippen molar-refractivity contribution in [1.82, 2.24) is 0 Å². The molecule has 1 saturated carbocycles. The molecule has 21 heavy (non-hydrogen) atoms. The molecule has 1 aliphatic rings. The molecule has 2 rings (SSSR count). The van der Waals surface area contributed by atoms with Crippen molar-refractivity contribution < 1.29 is 24.2 Å². The second-order valence-electron chi connectivity index (χ2n) is 5.37. The third-order valence-electron chi connectivity index (χ3n) is 4.30. The van der Waals surface area contributed by atoms with Crippen LogP contribution < -0.4 is 9.47 Å². The summed E-state index contributed by atoms with van der Waals surface area (Å²) in [5.41, 5.74) is 0.00254. The van der Waals surface area contributed by atoms with Crippen molar-refractivity contribution in [1.29, 1.82) is 0 Å². The third-order valence-corrected chi connectivity index (χ3v) is 4.30. The van der Waals surface area contributed by atoms with E-state index in [-0.39, 0.29) is 0 Å². The van der Waals surface area contributed by atoms with Crippen LogP contribution >= 0.6 is 0 Å². The first kappa shape index (κ1) is 15.4. The van der Waals surface area contributed by atoms with Gasteiger partial charge in [-0.1, -0.05) is 19.3 Å². The normalized spacial score (nSPS) is 17.0. The lowest BCUT2D eigenvalue weighted by Crippen LogP contribution is -2.38. The molecule has 1 aromatic carbocycles. The average molecular weight is 292 g/mol. The highest BCUT2D eigenvalue weighted by atomic mass is 16.5. The summed E-state index contributed by atoms with van der Waals surface area (Å²) in [4.78, 5) is 23.2. The predicted octanol–water partition coefficient (Wildman–Crippen LogP) is 2.80. The summed E-state index contributed by atoms with van der Waals surface area (Å²) in [6, 6.07) is 3.30. The SMILES string of the molecule is COc1cc(C2(C(=O)O)CCCCC2)cc(C=O)c1OC. The topological polar surface area (TPSA) is 72.8 Å². The highest BCUT2D eigenvalue weighted by Gasteiger charge is 2.42. The predicted molar refractivity (Wildman–Crippen MR) is 77.3 cm³/mol. The molecule has 0 atom stereocenters. The fourth-order valence-electron chi connectivity index (χ4n) is 3.14. The Balaban J connectivity index is 2.61. The molecule has 5 heteroatoms. The summed E-state index contributed by atoms with van der Waals surface area (Å²) in [6.07, 6.45) is 4.62. The van der Waals surface area contributed by atoms with E-state index in [1.807, 2.05) is 0 Å². The van der Waals surface area contributed by atoms with Crippen LogP contribution in [0.3, 0.4) is 0 Å². The molecule has 0 bridgehead atoms. The minimum absolute atomic E-state index is 0.318. The molecule has 0 saturated heterocycles. The number of hydrogen-bond acceptors (Lipinski definition) is 4. The number of aldehydes is 1. The maximum atomic E-state index is 11.9. The van der Waals surface area contributed by atoms with Gasteiger partial charge in [-0.2, -0.15) is 0 Å². The van der Waals surface area contributed by atoms with Crippen LogP contribution in [-0.4, -0.2) is 31.6 Å². The van der Waals surface area contributed by atoms with E-state index in [9.17, 15) is 14.7 Å². The zero-order valence-corrected chi connectivity index (χ0v) is 12.3. The lowest BCUT2D eigenvalue weighted by atomic mass is 9.69. The van der Waals surface area contributed by atoms with Crippen molar-refractivity contribution in [2.45, 2.75) is 37.5 Å². The van der Waals surface area contributed by atoms with Crippen LogP contribution in [0.2, 0.25) is 0 Å². The van der Waals surface area contributed by atoms with Gasteiger partial charge in [0, 0.05) is 0 Å². The summed E-state index contributed by atoms with van der Waals surface area (Å²) < 4.78 is 10.4. The Morgan fingerprint density at radius 1 is 1.19 bits per heavy atom. The van der Waals surface area contributed by atoms with Gasteiger partial charge in [-0.15, -0.1) is 0 Å². The lowest BCUT2D eigenvalue weighted by molar-refractivity contribution is -0.145. The van der Waals surface area contributed by atoms with E-state index in [4.69, 9.17) is 9.47 Å². The van der Waals surface area contributed by atoms with E-state index in [0.29, 0.717) is 41.8 Å². The molecule has 0 radical (unpaired) electrons. The number of carboxylic acids is 1. The Morgan fingerprint density at radius 3 is 2.33 bits per heavy atom. The number of carbonyl (C=O) groups is 2. The Morgan fingerprint density at radius 2 is 1.86 bits per heavy atom. The summed E-state index contributed by atoms with van der Waals surface area (Å²) >= 11 is 0. The van der Waals surface area contributed by atoms with E-state index in [2.05, 4.69) is 0 Å². The van der Waals surface area contributed by atoms with Crippen LogP contribution in [0.25, 0.3) is 0 Å². The third kappa shape index (κ3) is 2.60. The van der Waals surface area contributed by atoms with Crippen LogP contribution in [0.4, 0.5) is 0 Å². The summed E-state index contributed by atoms with van der Waals surface area (Å²) in [5, 5.41) is 9.74. The number of ether oxygens (including phenoxy) is 2. The van der Waals surface area contributed by atoms with Crippen molar-refractivity contribution in [3.8, 4) is 11.5 Å². The van der Waals surface area contributed by atoms with E-state index in [0.717, 1.165) is 19.3 Å². The molecule has 0 unspecified atom stereocenters. The lowest BCUT2D eigenvalue weighted by Gasteiger charge is -2.34. The Kier molecular flexibility index (Phi) is 4.50. The zero-order valence-electron chi connectivity index (χ0n) is 12.3. The van der Waals surface area contributed by atoms with Gasteiger partial charge in [0.05, 0.1) is 25.2 Å². The molecule has 114 valence electrons. The van der Waals surface area contributed by atoms with Crippen molar-refractivity contribution in [2.75, 3.05) is 14.2 Å². The van der Waals surface area contributed by atoms with Crippen LogP contribution in [-0.2, 0) is 10.2 Å². The summed E-state index contributed by atoms with van der Waals surface area (Å²) in [5.74, 6) is -0.109. The first-order valence-electron chi connectivity index (χ1n) is 7.04. The van der Waals surface area contributed by atoms with Crippen molar-refractivity contribution in [3.63, 3.8) is 0 Å². The highest BCUT2D eigenvalue weighted by Crippen LogP contribution is 2.43. The monoisotopic (exact) mass is 292 g/mol. The number of aliphatic carboxylic acids is 1. The summed E-state index contributed by atoms with van der Waals surface area (Å²) in [6.45, 7) is 0. The van der Waals surface area contributed by atoms with E-state index in [1.165, 1.54) is 14.2 Å². The second kappa shape index (κ2) is 6.16. The number of rotatable bonds is 5. The van der Waals surface area contributed by atoms with E-state index in [1.54, 1.807) is 12.1 Å². The smallest absolute Gasteiger partial charge is 0.314 e. The molecular formula is C16H20O5. The first-order valence-corrected chi connectivity index (χ1v) is 7.04. The molecule has 1 N–H and O–H groups in total. The maximum absolute atomic E-state index is 11.9. The quantitative estimate of drug-likeness (QED) is 0.845. The fourth-order valence-corrected chi connectivity index (χ4v) is 3.14. The number of carbonyl (C=O) groups excluding carboxylic acids is 1. The van der Waals surface area contributed by atoms with E-state index < -0.39 is 11.4 Å². The van der Waals surface area contributed by atoms with Crippen LogP contribution in [0.5, 0.6) is 11.5 Å². The molecule has 0 amide bonds. The molecule has 0 aliphatic heterocycles. The number of benzene rings is 1. The standard InChI is InChI=1S/C16H20O5/c1-20-13-9-12(8-11(10-17)14(13)21-2)16(15(18)19)6-4-3-5-7-16/h8-10H,3-7H2,1-2H3,(H,18,19). The van der Waals surface area contributed by atoms with Crippen LogP contribution in [0.15, 0.2) is 12.1 Å². The van der Waals surface area contributed by atoms with Crippen LogP contribution in [0, 0.1) is 0 Å². The van der Waals surface area contributed by atoms with Gasteiger partial charge < -0.3 is 14.6 Å². The first-order chi connectivity index (χ1) is 10.1. The average Bonchev–Trinajstić information content (AvgIpc) is 2.53. The molecule has 0 heterocycles. The molecular weight excluding hydrogens is 272 g/mol. The Labute approximate surface area is 123 Å². The van der Waals surface area contributed by atoms with Gasteiger partial charge >= 0.3 is 5.97 Å². The largest absolute Gasteiger partial charge is 0.493 e. The molecule has 1 fully saturated rings. The van der Waals surface area contributed by atoms with Crippen molar-refractivity contribution in [3.05, 3.63) is 23.3 Å². The molecule has 1 aromatic rings. The van der Waals surface area contributed by atoms with Gasteiger partial charge in [0.25, 0.3) is 0 Å². The Hall–Kier alpha value is -2.04. The van der Waals surface area contributed by atoms with Gasteiger partial charge in [-0.05, 0) is 30.5 Å². The van der Waals surface area contributed by atoms with Gasteiger partial charge in [-0.25, -0.2) is 0 Å². The molecule has 1 aliphatic carbocycles. The van der Waals surface area contributed by atoms with Gasteiger partial charge in [0.1, 0.15) is 0 Å². The van der Waals surface area contributed by atoms with Crippen LogP contribution in [0.1, 0.15) is 48.0 Å². The van der Waals surface area contributed by atoms with Crippen molar-refractivity contribution in [2.24, 2.45) is 0 Å². The van der Waals surface area contributed by atoms with Gasteiger partial charge in [0.15, 0.2) is 17.8 Å². The number of methoxy groups -OCH3 is 2. The van der Waals surface area contributed by atoms with Gasteiger partial charge in [-0.3, -0.25) is 9.59 Å². The molecule has 0 aromatic heterocycles. The zero-order chi connectivity index (χ0) is 15.5. The number of carboxylic acid groups (broad SMARTS) is 1. The number of hydrogen-bond donors (Lipinski definition) is 1. The minimum atomic E-state index is -0.935. The summed E-state index contributed by atoms with van der Waals surface area (Å²) in [7, 11) is 2.93. The van der Waals surface area contributed by atoms with Crippen molar-refractivity contribution >= 4 is 12.3 Å². The van der Waals surface area contributed by atoms with E-state index >= 15 is 0 Å². The fraction of sp³-hybridized carbons (Fsp3) is 0.500. The Bertz CT molecular complexity index is 544. The second-order valence-corrected chi connectivity index (χ2v) is 5.37.